The molecule has 0 aliphatic carbocycles. The molecular weight excluding hydrogens is 220 g/mol. The highest BCUT2D eigenvalue weighted by molar-refractivity contribution is 5.99. The second-order valence-corrected chi connectivity index (χ2v) is 4.02. The number of Topliss-reactive ketones (excluding diaryl/α,β-unsaturated/α-hetero) is 1. The molecule has 0 aromatic heterocycles. The van der Waals surface area contributed by atoms with Crippen LogP contribution in [-0.4, -0.2) is 39.4 Å². The van der Waals surface area contributed by atoms with E-state index in [0.29, 0.717) is 12.0 Å². The molecule has 0 radical (unpaired) electrons. The van der Waals surface area contributed by atoms with Crippen LogP contribution in [0, 0.1) is 0 Å². The lowest BCUT2D eigenvalue weighted by Gasteiger charge is -2.18. The SMILES string of the molecule is CCC(O)C(O)CC(O)C(=O)c1ccccc1. The van der Waals surface area contributed by atoms with E-state index in [-0.39, 0.29) is 6.42 Å². The Bertz CT molecular complexity index is 350. The van der Waals surface area contributed by atoms with Gasteiger partial charge in [-0.1, -0.05) is 37.3 Å². The van der Waals surface area contributed by atoms with E-state index in [9.17, 15) is 20.1 Å². The van der Waals surface area contributed by atoms with Crippen LogP contribution in [-0.2, 0) is 0 Å². The lowest BCUT2D eigenvalue weighted by Crippen LogP contribution is -2.33. The first-order valence-electron chi connectivity index (χ1n) is 5.69. The van der Waals surface area contributed by atoms with Crippen LogP contribution in [0.15, 0.2) is 30.3 Å². The third-order valence-corrected chi connectivity index (χ3v) is 2.69. The molecule has 1 rings (SSSR count). The molecule has 0 saturated carbocycles. The van der Waals surface area contributed by atoms with Crippen molar-refractivity contribution in [2.75, 3.05) is 0 Å². The number of aliphatic hydroxyl groups is 3. The standard InChI is InChI=1S/C13H18O4/c1-2-10(14)11(15)8-12(16)13(17)9-6-4-3-5-7-9/h3-7,10-12,14-16H,2,8H2,1H3. The zero-order chi connectivity index (χ0) is 12.8. The van der Waals surface area contributed by atoms with Crippen LogP contribution in [0.5, 0.6) is 0 Å². The Hall–Kier alpha value is -1.23. The van der Waals surface area contributed by atoms with Crippen molar-refractivity contribution >= 4 is 5.78 Å². The average Bonchev–Trinajstić information content (AvgIpc) is 2.37. The van der Waals surface area contributed by atoms with Crippen molar-refractivity contribution in [3.05, 3.63) is 35.9 Å². The fraction of sp³-hybridized carbons (Fsp3) is 0.462. The second-order valence-electron chi connectivity index (χ2n) is 4.02. The van der Waals surface area contributed by atoms with Gasteiger partial charge >= 0.3 is 0 Å². The number of aliphatic hydroxyl groups excluding tert-OH is 3. The first-order chi connectivity index (χ1) is 8.06. The molecule has 0 aliphatic heterocycles. The maximum atomic E-state index is 11.7. The van der Waals surface area contributed by atoms with Crippen LogP contribution in [0.3, 0.4) is 0 Å². The minimum absolute atomic E-state index is 0.150. The maximum Gasteiger partial charge on any atom is 0.191 e. The molecule has 0 amide bonds. The molecule has 3 atom stereocenters. The Kier molecular flexibility index (Phi) is 5.28. The molecule has 3 unspecified atom stereocenters. The minimum atomic E-state index is -1.28. The zero-order valence-corrected chi connectivity index (χ0v) is 9.78. The van der Waals surface area contributed by atoms with Crippen molar-refractivity contribution in [1.29, 1.82) is 0 Å². The first kappa shape index (κ1) is 13.8. The van der Waals surface area contributed by atoms with Gasteiger partial charge in [0, 0.05) is 12.0 Å². The van der Waals surface area contributed by atoms with Gasteiger partial charge in [-0.2, -0.15) is 0 Å². The summed E-state index contributed by atoms with van der Waals surface area (Å²) in [6.45, 7) is 1.72. The van der Waals surface area contributed by atoms with Crippen molar-refractivity contribution in [3.8, 4) is 0 Å². The van der Waals surface area contributed by atoms with Crippen LogP contribution in [0.1, 0.15) is 30.1 Å². The number of carbonyl (C=O) groups excluding carboxylic acids is 1. The summed E-state index contributed by atoms with van der Waals surface area (Å²) in [6, 6.07) is 8.40. The summed E-state index contributed by atoms with van der Waals surface area (Å²) in [5.41, 5.74) is 0.401. The summed E-state index contributed by atoms with van der Waals surface area (Å²) < 4.78 is 0. The summed E-state index contributed by atoms with van der Waals surface area (Å²) in [5.74, 6) is -0.437. The molecule has 17 heavy (non-hydrogen) atoms. The topological polar surface area (TPSA) is 77.8 Å². The van der Waals surface area contributed by atoms with E-state index in [1.807, 2.05) is 0 Å². The van der Waals surface area contributed by atoms with E-state index in [2.05, 4.69) is 0 Å². The number of carbonyl (C=O) groups is 1. The highest BCUT2D eigenvalue weighted by Crippen LogP contribution is 2.11. The van der Waals surface area contributed by atoms with E-state index in [1.165, 1.54) is 0 Å². The lowest BCUT2D eigenvalue weighted by molar-refractivity contribution is -0.00986. The minimum Gasteiger partial charge on any atom is -0.390 e. The van der Waals surface area contributed by atoms with E-state index >= 15 is 0 Å². The van der Waals surface area contributed by atoms with Gasteiger partial charge in [0.15, 0.2) is 5.78 Å². The van der Waals surface area contributed by atoms with Crippen LogP contribution in [0.2, 0.25) is 0 Å². The van der Waals surface area contributed by atoms with Crippen molar-refractivity contribution in [1.82, 2.24) is 0 Å². The van der Waals surface area contributed by atoms with E-state index in [0.717, 1.165) is 0 Å². The van der Waals surface area contributed by atoms with Gasteiger partial charge in [-0.3, -0.25) is 4.79 Å². The molecule has 94 valence electrons. The zero-order valence-electron chi connectivity index (χ0n) is 9.78. The molecule has 0 bridgehead atoms. The number of hydrogen-bond acceptors (Lipinski definition) is 4. The van der Waals surface area contributed by atoms with E-state index < -0.39 is 24.1 Å². The fourth-order valence-electron chi connectivity index (χ4n) is 1.56. The molecular formula is C13H18O4. The van der Waals surface area contributed by atoms with Crippen molar-refractivity contribution in [2.24, 2.45) is 0 Å². The van der Waals surface area contributed by atoms with Gasteiger partial charge in [0.05, 0.1) is 12.2 Å². The summed E-state index contributed by atoms with van der Waals surface area (Å²) in [4.78, 5) is 11.7. The molecule has 3 N–H and O–H groups in total. The molecule has 4 heteroatoms. The molecule has 0 aliphatic rings. The molecule has 1 aromatic carbocycles. The third-order valence-electron chi connectivity index (χ3n) is 2.69. The first-order valence-corrected chi connectivity index (χ1v) is 5.69. The summed E-state index contributed by atoms with van der Waals surface area (Å²) >= 11 is 0. The van der Waals surface area contributed by atoms with Crippen molar-refractivity contribution in [2.45, 2.75) is 38.1 Å². The summed E-state index contributed by atoms with van der Waals surface area (Å²) in [7, 11) is 0. The van der Waals surface area contributed by atoms with Crippen LogP contribution in [0.25, 0.3) is 0 Å². The largest absolute Gasteiger partial charge is 0.390 e. The Morgan fingerprint density at radius 3 is 2.24 bits per heavy atom. The summed E-state index contributed by atoms with van der Waals surface area (Å²) in [5, 5.41) is 28.5. The predicted molar refractivity (Wildman–Crippen MR) is 63.7 cm³/mol. The van der Waals surface area contributed by atoms with Gasteiger partial charge < -0.3 is 15.3 Å². The van der Waals surface area contributed by atoms with Crippen LogP contribution in [0.4, 0.5) is 0 Å². The number of ketones is 1. The predicted octanol–water partition coefficient (Wildman–Crippen LogP) is 0.752. The second kappa shape index (κ2) is 6.49. The van der Waals surface area contributed by atoms with Crippen molar-refractivity contribution < 1.29 is 20.1 Å². The Morgan fingerprint density at radius 1 is 1.12 bits per heavy atom. The highest BCUT2D eigenvalue weighted by atomic mass is 16.3. The average molecular weight is 238 g/mol. The third kappa shape index (κ3) is 3.93. The van der Waals surface area contributed by atoms with Gasteiger partial charge in [-0.25, -0.2) is 0 Å². The normalized spacial score (nSPS) is 16.2. The van der Waals surface area contributed by atoms with Gasteiger partial charge in [0.2, 0.25) is 0 Å². The van der Waals surface area contributed by atoms with Crippen molar-refractivity contribution in [3.63, 3.8) is 0 Å². The molecule has 0 spiro atoms. The monoisotopic (exact) mass is 238 g/mol. The molecule has 1 aromatic rings. The lowest BCUT2D eigenvalue weighted by atomic mass is 9.98. The fourth-order valence-corrected chi connectivity index (χ4v) is 1.56. The molecule has 0 saturated heterocycles. The molecule has 0 heterocycles. The Balaban J connectivity index is 2.59. The Morgan fingerprint density at radius 2 is 1.71 bits per heavy atom. The highest BCUT2D eigenvalue weighted by Gasteiger charge is 2.23. The van der Waals surface area contributed by atoms with E-state index in [1.54, 1.807) is 37.3 Å². The summed E-state index contributed by atoms with van der Waals surface area (Å²) in [6.07, 6.45) is -3.04. The Labute approximate surface area is 101 Å². The van der Waals surface area contributed by atoms with Crippen LogP contribution < -0.4 is 0 Å². The number of hydrogen-bond donors (Lipinski definition) is 3. The van der Waals surface area contributed by atoms with Crippen LogP contribution >= 0.6 is 0 Å². The van der Waals surface area contributed by atoms with E-state index in [4.69, 9.17) is 0 Å². The van der Waals surface area contributed by atoms with Gasteiger partial charge in [0.1, 0.15) is 6.10 Å². The van der Waals surface area contributed by atoms with Gasteiger partial charge in [-0.15, -0.1) is 0 Å². The van der Waals surface area contributed by atoms with Gasteiger partial charge in [0.25, 0.3) is 0 Å². The maximum absolute atomic E-state index is 11.7. The smallest absolute Gasteiger partial charge is 0.191 e. The number of rotatable bonds is 6. The quantitative estimate of drug-likeness (QED) is 0.639. The molecule has 4 nitrogen and oxygen atoms in total. The van der Waals surface area contributed by atoms with Gasteiger partial charge in [-0.05, 0) is 6.42 Å². The molecule has 0 fully saturated rings. The number of benzene rings is 1.